The van der Waals surface area contributed by atoms with Gasteiger partial charge in [-0.05, 0) is 37.3 Å². The molecular formula is C20H23ClF3N3O. The number of aromatic nitrogens is 2. The lowest BCUT2D eigenvalue weighted by Crippen LogP contribution is -2.39. The molecule has 152 valence electrons. The molecule has 1 aromatic carbocycles. The van der Waals surface area contributed by atoms with Gasteiger partial charge < -0.3 is 4.90 Å². The van der Waals surface area contributed by atoms with Gasteiger partial charge in [-0.1, -0.05) is 37.9 Å². The van der Waals surface area contributed by atoms with E-state index in [1.54, 1.807) is 6.92 Å². The van der Waals surface area contributed by atoms with Gasteiger partial charge in [0.2, 0.25) is 0 Å². The van der Waals surface area contributed by atoms with Gasteiger partial charge in [0, 0.05) is 19.2 Å². The average molecular weight is 414 g/mol. The summed E-state index contributed by atoms with van der Waals surface area (Å²) in [6.07, 6.45) is -1.49. The van der Waals surface area contributed by atoms with Crippen molar-refractivity contribution in [2.45, 2.75) is 46.2 Å². The van der Waals surface area contributed by atoms with Gasteiger partial charge in [0.05, 0.1) is 16.3 Å². The Bertz CT molecular complexity index is 931. The molecule has 1 fully saturated rings. The first kappa shape index (κ1) is 20.7. The van der Waals surface area contributed by atoms with Gasteiger partial charge in [-0.25, -0.2) is 4.98 Å². The van der Waals surface area contributed by atoms with E-state index in [0.29, 0.717) is 17.1 Å². The molecule has 1 saturated heterocycles. The van der Waals surface area contributed by atoms with Crippen molar-refractivity contribution in [1.29, 1.82) is 0 Å². The fourth-order valence-corrected chi connectivity index (χ4v) is 3.90. The van der Waals surface area contributed by atoms with Crippen molar-refractivity contribution in [3.63, 3.8) is 0 Å². The van der Waals surface area contributed by atoms with Crippen LogP contribution in [0, 0.1) is 12.3 Å². The standard InChI is InChI=1S/C20H23ClF3N3O/c1-4-19(3)8-10-26(11-9-19)16-12-17(28)27(13(2)25-16)15-7-5-6-14(18(15)21)20(22,23)24/h5-7,12H,4,8-11H2,1-3H3. The third kappa shape index (κ3) is 3.90. The molecule has 3 rings (SSSR count). The largest absolute Gasteiger partial charge is 0.417 e. The molecule has 0 amide bonds. The summed E-state index contributed by atoms with van der Waals surface area (Å²) in [6, 6.07) is 4.89. The van der Waals surface area contributed by atoms with Gasteiger partial charge in [0.15, 0.2) is 0 Å². The topological polar surface area (TPSA) is 38.1 Å². The summed E-state index contributed by atoms with van der Waals surface area (Å²) in [5, 5.41) is -0.508. The first-order valence-electron chi connectivity index (χ1n) is 9.27. The highest BCUT2D eigenvalue weighted by molar-refractivity contribution is 6.33. The van der Waals surface area contributed by atoms with Gasteiger partial charge in [-0.15, -0.1) is 0 Å². The lowest BCUT2D eigenvalue weighted by atomic mass is 9.78. The van der Waals surface area contributed by atoms with Gasteiger partial charge in [0.25, 0.3) is 5.56 Å². The number of hydrogen-bond donors (Lipinski definition) is 0. The van der Waals surface area contributed by atoms with Crippen LogP contribution in [-0.2, 0) is 6.18 Å². The minimum atomic E-state index is -4.60. The number of rotatable bonds is 3. The molecule has 0 N–H and O–H groups in total. The normalized spacial score (nSPS) is 17.0. The van der Waals surface area contributed by atoms with Crippen molar-refractivity contribution in [2.75, 3.05) is 18.0 Å². The minimum Gasteiger partial charge on any atom is -0.356 e. The SMILES string of the molecule is CCC1(C)CCN(c2cc(=O)n(-c3cccc(C(F)(F)F)c3Cl)c(C)n2)CC1. The van der Waals surface area contributed by atoms with Crippen LogP contribution in [0.15, 0.2) is 29.1 Å². The summed E-state index contributed by atoms with van der Waals surface area (Å²) >= 11 is 5.99. The Balaban J connectivity index is 1.98. The van der Waals surface area contributed by atoms with E-state index in [1.807, 2.05) is 0 Å². The second kappa shape index (κ2) is 7.43. The summed E-state index contributed by atoms with van der Waals surface area (Å²) in [4.78, 5) is 19.3. The summed E-state index contributed by atoms with van der Waals surface area (Å²) in [5.41, 5.74) is -1.15. The molecule has 0 bridgehead atoms. The summed E-state index contributed by atoms with van der Waals surface area (Å²) < 4.78 is 40.6. The predicted molar refractivity (Wildman–Crippen MR) is 104 cm³/mol. The van der Waals surface area contributed by atoms with E-state index >= 15 is 0 Å². The molecule has 8 heteroatoms. The Morgan fingerprint density at radius 1 is 1.25 bits per heavy atom. The van der Waals surface area contributed by atoms with E-state index in [4.69, 9.17) is 11.6 Å². The van der Waals surface area contributed by atoms with Gasteiger partial charge in [-0.2, -0.15) is 13.2 Å². The molecule has 0 atom stereocenters. The van der Waals surface area contributed by atoms with Crippen LogP contribution in [0.2, 0.25) is 5.02 Å². The van der Waals surface area contributed by atoms with E-state index in [9.17, 15) is 18.0 Å². The van der Waals surface area contributed by atoms with Gasteiger partial charge in [-0.3, -0.25) is 9.36 Å². The first-order chi connectivity index (χ1) is 13.1. The van der Waals surface area contributed by atoms with Crippen molar-refractivity contribution in [3.8, 4) is 5.69 Å². The lowest BCUT2D eigenvalue weighted by Gasteiger charge is -2.39. The highest BCUT2D eigenvalue weighted by Crippen LogP contribution is 2.38. The number of alkyl halides is 3. The average Bonchev–Trinajstić information content (AvgIpc) is 2.62. The molecule has 1 aromatic heterocycles. The summed E-state index contributed by atoms with van der Waals surface area (Å²) in [7, 11) is 0. The third-order valence-corrected chi connectivity index (χ3v) is 6.14. The Labute approximate surface area is 167 Å². The Kier molecular flexibility index (Phi) is 5.49. The Morgan fingerprint density at radius 2 is 1.89 bits per heavy atom. The molecule has 0 radical (unpaired) electrons. The van der Waals surface area contributed by atoms with E-state index in [1.165, 1.54) is 18.2 Å². The quantitative estimate of drug-likeness (QED) is 0.691. The van der Waals surface area contributed by atoms with Crippen molar-refractivity contribution in [1.82, 2.24) is 9.55 Å². The first-order valence-corrected chi connectivity index (χ1v) is 9.65. The Hall–Kier alpha value is -2.02. The molecular weight excluding hydrogens is 391 g/mol. The number of piperidine rings is 1. The molecule has 2 aromatic rings. The van der Waals surface area contributed by atoms with Gasteiger partial charge in [0.1, 0.15) is 11.6 Å². The molecule has 1 aliphatic rings. The molecule has 0 saturated carbocycles. The number of aryl methyl sites for hydroxylation is 1. The smallest absolute Gasteiger partial charge is 0.356 e. The van der Waals surface area contributed by atoms with E-state index in [2.05, 4.69) is 23.7 Å². The number of hydrogen-bond acceptors (Lipinski definition) is 3. The highest BCUT2D eigenvalue weighted by Gasteiger charge is 2.34. The van der Waals surface area contributed by atoms with E-state index < -0.39 is 22.3 Å². The maximum Gasteiger partial charge on any atom is 0.417 e. The van der Waals surface area contributed by atoms with Crippen LogP contribution in [0.5, 0.6) is 0 Å². The van der Waals surface area contributed by atoms with E-state index in [0.717, 1.165) is 43.0 Å². The van der Waals surface area contributed by atoms with Crippen LogP contribution in [0.4, 0.5) is 19.0 Å². The number of benzene rings is 1. The van der Waals surface area contributed by atoms with Crippen LogP contribution in [-0.4, -0.2) is 22.6 Å². The number of halogens is 4. The molecule has 0 spiro atoms. The van der Waals surface area contributed by atoms with Crippen molar-refractivity contribution in [2.24, 2.45) is 5.41 Å². The van der Waals surface area contributed by atoms with Crippen LogP contribution < -0.4 is 10.5 Å². The van der Waals surface area contributed by atoms with Crippen LogP contribution in [0.3, 0.4) is 0 Å². The summed E-state index contributed by atoms with van der Waals surface area (Å²) in [5.74, 6) is 0.854. The fourth-order valence-electron chi connectivity index (χ4n) is 3.58. The molecule has 28 heavy (non-hydrogen) atoms. The zero-order valence-electron chi connectivity index (χ0n) is 16.1. The zero-order chi connectivity index (χ0) is 20.7. The fraction of sp³-hybridized carbons (Fsp3) is 0.500. The molecule has 0 unspecified atom stereocenters. The number of anilines is 1. The molecule has 0 aliphatic carbocycles. The Morgan fingerprint density at radius 3 is 2.43 bits per heavy atom. The molecule has 1 aliphatic heterocycles. The summed E-state index contributed by atoms with van der Waals surface area (Å²) in [6.45, 7) is 7.63. The third-order valence-electron chi connectivity index (χ3n) is 5.75. The van der Waals surface area contributed by atoms with Crippen molar-refractivity contribution in [3.05, 3.63) is 51.0 Å². The maximum absolute atomic E-state index is 13.2. The number of nitrogens with zero attached hydrogens (tertiary/aromatic N) is 3. The van der Waals surface area contributed by atoms with Crippen LogP contribution in [0.25, 0.3) is 5.69 Å². The maximum atomic E-state index is 13.2. The minimum absolute atomic E-state index is 0.0183. The monoisotopic (exact) mass is 413 g/mol. The zero-order valence-corrected chi connectivity index (χ0v) is 16.9. The second-order valence-electron chi connectivity index (χ2n) is 7.62. The molecule has 2 heterocycles. The van der Waals surface area contributed by atoms with Crippen molar-refractivity contribution >= 4 is 17.4 Å². The van der Waals surface area contributed by atoms with Gasteiger partial charge >= 0.3 is 6.18 Å². The molecule has 4 nitrogen and oxygen atoms in total. The predicted octanol–water partition coefficient (Wildman–Crippen LogP) is 5.23. The highest BCUT2D eigenvalue weighted by atomic mass is 35.5. The van der Waals surface area contributed by atoms with Crippen LogP contribution in [0.1, 0.15) is 44.5 Å². The van der Waals surface area contributed by atoms with Crippen LogP contribution >= 0.6 is 11.6 Å². The van der Waals surface area contributed by atoms with Crippen molar-refractivity contribution < 1.29 is 13.2 Å². The second-order valence-corrected chi connectivity index (χ2v) is 8.00. The lowest BCUT2D eigenvalue weighted by molar-refractivity contribution is -0.137. The van der Waals surface area contributed by atoms with E-state index in [-0.39, 0.29) is 5.69 Å².